The molecular formula is C42H38O8. The molecule has 50 heavy (non-hydrogen) atoms. The number of hydrogen-bond acceptors (Lipinski definition) is 8. The van der Waals surface area contributed by atoms with Crippen molar-refractivity contribution < 1.29 is 40.1 Å². The van der Waals surface area contributed by atoms with Crippen molar-refractivity contribution in [3.63, 3.8) is 0 Å². The van der Waals surface area contributed by atoms with E-state index >= 15 is 0 Å². The van der Waals surface area contributed by atoms with Gasteiger partial charge < -0.3 is 40.1 Å². The Hall–Kier alpha value is -6.28. The Kier molecular flexibility index (Phi) is 10.3. The van der Waals surface area contributed by atoms with Crippen LogP contribution in [0.3, 0.4) is 0 Å². The van der Waals surface area contributed by atoms with E-state index in [1.54, 1.807) is 36.4 Å². The highest BCUT2D eigenvalue weighted by atomic mass is 16.5. The van der Waals surface area contributed by atoms with Crippen LogP contribution in [-0.2, 0) is 38.5 Å². The highest BCUT2D eigenvalue weighted by molar-refractivity contribution is 5.52. The Morgan fingerprint density at radius 2 is 0.620 bits per heavy atom. The summed E-state index contributed by atoms with van der Waals surface area (Å²) in [5, 5.41) is 60.6. The Bertz CT molecular complexity index is 1890. The molecule has 0 bridgehead atoms. The topological polar surface area (TPSA) is 140 Å². The van der Waals surface area contributed by atoms with Gasteiger partial charge in [-0.15, -0.1) is 0 Å². The van der Waals surface area contributed by atoms with Crippen LogP contribution in [0.25, 0.3) is 0 Å². The molecule has 0 unspecified atom stereocenters. The zero-order valence-electron chi connectivity index (χ0n) is 27.3. The Labute approximate surface area is 290 Å². The fourth-order valence-electron chi connectivity index (χ4n) is 5.64. The van der Waals surface area contributed by atoms with Crippen LogP contribution in [0, 0.1) is 0 Å². The minimum absolute atomic E-state index is 0.00519. The lowest BCUT2D eigenvalue weighted by Gasteiger charge is -2.13. The Morgan fingerprint density at radius 1 is 0.320 bits per heavy atom. The van der Waals surface area contributed by atoms with E-state index in [-0.39, 0.29) is 46.0 Å². The van der Waals surface area contributed by atoms with E-state index in [0.717, 1.165) is 35.1 Å². The lowest BCUT2D eigenvalue weighted by atomic mass is 10.0. The average molecular weight is 671 g/mol. The van der Waals surface area contributed by atoms with Crippen molar-refractivity contribution in [3.8, 4) is 57.5 Å². The van der Waals surface area contributed by atoms with Crippen LogP contribution in [0.15, 0.2) is 121 Å². The van der Waals surface area contributed by atoms with Crippen molar-refractivity contribution in [1.29, 1.82) is 0 Å². The zero-order chi connectivity index (χ0) is 35.0. The molecule has 0 spiro atoms. The maximum atomic E-state index is 10.4. The van der Waals surface area contributed by atoms with Gasteiger partial charge in [-0.2, -0.15) is 0 Å². The van der Waals surface area contributed by atoms with Crippen LogP contribution in [0.1, 0.15) is 33.4 Å². The second-order valence-electron chi connectivity index (χ2n) is 12.2. The molecule has 0 aromatic heterocycles. The molecule has 6 aromatic rings. The van der Waals surface area contributed by atoms with Gasteiger partial charge in [-0.25, -0.2) is 0 Å². The van der Waals surface area contributed by atoms with Crippen molar-refractivity contribution in [2.24, 2.45) is 0 Å². The second kappa shape index (κ2) is 15.3. The summed E-state index contributed by atoms with van der Waals surface area (Å²) in [4.78, 5) is 0. The first-order valence-corrected chi connectivity index (χ1v) is 16.4. The SMILES string of the molecule is Oc1ccc(CCc2cc(Oc3ccc(CCc4ccc(Oc5cc(CCc6ccc(O)cc6)c(O)cc5O)cc4)cc3)c(O)cc2O)cc1. The fraction of sp³-hybridized carbons (Fsp3) is 0.143. The lowest BCUT2D eigenvalue weighted by molar-refractivity contribution is 0.401. The molecule has 6 aromatic carbocycles. The minimum atomic E-state index is -0.154. The molecule has 0 atom stereocenters. The molecule has 0 aliphatic heterocycles. The van der Waals surface area contributed by atoms with Gasteiger partial charge in [0.1, 0.15) is 34.5 Å². The van der Waals surface area contributed by atoms with Crippen molar-refractivity contribution >= 4 is 0 Å². The molecule has 0 amide bonds. The molecular weight excluding hydrogens is 632 g/mol. The van der Waals surface area contributed by atoms with Crippen molar-refractivity contribution in [1.82, 2.24) is 0 Å². The van der Waals surface area contributed by atoms with Gasteiger partial charge in [-0.1, -0.05) is 48.5 Å². The van der Waals surface area contributed by atoms with E-state index in [2.05, 4.69) is 0 Å². The third-order valence-corrected chi connectivity index (χ3v) is 8.56. The maximum absolute atomic E-state index is 10.4. The third kappa shape index (κ3) is 8.79. The van der Waals surface area contributed by atoms with Crippen molar-refractivity contribution in [2.45, 2.75) is 38.5 Å². The van der Waals surface area contributed by atoms with Crippen molar-refractivity contribution in [3.05, 3.63) is 155 Å². The summed E-state index contributed by atoms with van der Waals surface area (Å²) in [5.41, 5.74) is 5.53. The summed E-state index contributed by atoms with van der Waals surface area (Å²) < 4.78 is 11.9. The van der Waals surface area contributed by atoms with Crippen molar-refractivity contribution in [2.75, 3.05) is 0 Å². The van der Waals surface area contributed by atoms with Crippen LogP contribution in [0.5, 0.6) is 57.5 Å². The highest BCUT2D eigenvalue weighted by Crippen LogP contribution is 2.38. The molecule has 0 radical (unpaired) electrons. The number of aryl methyl sites for hydroxylation is 6. The predicted octanol–water partition coefficient (Wildman–Crippen LogP) is 8.86. The van der Waals surface area contributed by atoms with Gasteiger partial charge in [0.05, 0.1) is 0 Å². The van der Waals surface area contributed by atoms with Gasteiger partial charge in [-0.05, 0) is 133 Å². The molecule has 0 heterocycles. The average Bonchev–Trinajstić information content (AvgIpc) is 3.11. The van der Waals surface area contributed by atoms with Crippen LogP contribution < -0.4 is 9.47 Å². The monoisotopic (exact) mass is 670 g/mol. The summed E-state index contributed by atoms with van der Waals surface area (Å²) >= 11 is 0. The third-order valence-electron chi connectivity index (χ3n) is 8.56. The molecule has 6 rings (SSSR count). The Balaban J connectivity index is 1.02. The number of ether oxygens (including phenoxy) is 2. The largest absolute Gasteiger partial charge is 0.508 e. The number of aromatic hydroxyl groups is 6. The quantitative estimate of drug-likeness (QED) is 0.0716. The molecule has 8 heteroatoms. The molecule has 8 nitrogen and oxygen atoms in total. The molecule has 0 aliphatic rings. The van der Waals surface area contributed by atoms with E-state index in [1.807, 2.05) is 72.8 Å². The Morgan fingerprint density at radius 3 is 0.960 bits per heavy atom. The smallest absolute Gasteiger partial charge is 0.169 e. The standard InChI is InChI=1S/C42H38O8/c43-33-15-5-29(6-16-33)3-13-31-23-41(39(47)25-37(31)45)49-35-19-9-27(10-20-35)1-2-28-11-21-36(22-12-28)50-42-24-32(38(46)26-40(42)48)14-4-30-7-17-34(44)18-8-30/h5-12,15-26,43-48H,1-4,13-14H2. The second-order valence-corrected chi connectivity index (χ2v) is 12.2. The van der Waals surface area contributed by atoms with Gasteiger partial charge >= 0.3 is 0 Å². The minimum Gasteiger partial charge on any atom is -0.508 e. The summed E-state index contributed by atoms with van der Waals surface area (Å²) in [5.74, 6) is 1.71. The van der Waals surface area contributed by atoms with E-state index in [9.17, 15) is 30.6 Å². The predicted molar refractivity (Wildman–Crippen MR) is 191 cm³/mol. The molecule has 0 saturated carbocycles. The number of hydrogen-bond donors (Lipinski definition) is 6. The van der Waals surface area contributed by atoms with Gasteiger partial charge in [0.15, 0.2) is 23.0 Å². The number of rotatable bonds is 13. The van der Waals surface area contributed by atoms with Gasteiger partial charge in [0.2, 0.25) is 0 Å². The van der Waals surface area contributed by atoms with E-state index in [0.29, 0.717) is 48.3 Å². The highest BCUT2D eigenvalue weighted by Gasteiger charge is 2.13. The summed E-state index contributed by atoms with van der Waals surface area (Å²) in [6.07, 6.45) is 3.93. The lowest BCUT2D eigenvalue weighted by Crippen LogP contribution is -1.95. The summed E-state index contributed by atoms with van der Waals surface area (Å²) in [6, 6.07) is 35.0. The van der Waals surface area contributed by atoms with E-state index < -0.39 is 0 Å². The molecule has 0 fully saturated rings. The van der Waals surface area contributed by atoms with Crippen LogP contribution in [-0.4, -0.2) is 30.6 Å². The first kappa shape index (κ1) is 33.6. The zero-order valence-corrected chi connectivity index (χ0v) is 27.3. The number of benzene rings is 6. The summed E-state index contributed by atoms with van der Waals surface area (Å²) in [6.45, 7) is 0. The number of phenolic OH excluding ortho intramolecular Hbond substituents is 6. The summed E-state index contributed by atoms with van der Waals surface area (Å²) in [7, 11) is 0. The van der Waals surface area contributed by atoms with Crippen LogP contribution >= 0.6 is 0 Å². The normalized spacial score (nSPS) is 11.0. The first-order valence-electron chi connectivity index (χ1n) is 16.4. The molecule has 6 N–H and O–H groups in total. The molecule has 0 aliphatic carbocycles. The molecule has 0 saturated heterocycles. The van der Waals surface area contributed by atoms with Crippen LogP contribution in [0.4, 0.5) is 0 Å². The maximum Gasteiger partial charge on any atom is 0.169 e. The van der Waals surface area contributed by atoms with E-state index in [1.165, 1.54) is 12.1 Å². The van der Waals surface area contributed by atoms with E-state index in [4.69, 9.17) is 9.47 Å². The van der Waals surface area contributed by atoms with Gasteiger partial charge in [0.25, 0.3) is 0 Å². The number of phenols is 6. The molecule has 254 valence electrons. The fourth-order valence-corrected chi connectivity index (χ4v) is 5.64. The van der Waals surface area contributed by atoms with Gasteiger partial charge in [-0.3, -0.25) is 0 Å². The van der Waals surface area contributed by atoms with Crippen LogP contribution in [0.2, 0.25) is 0 Å². The van der Waals surface area contributed by atoms with Gasteiger partial charge in [0, 0.05) is 12.1 Å². The first-order chi connectivity index (χ1) is 24.2.